The van der Waals surface area contributed by atoms with Crippen molar-refractivity contribution in [1.29, 1.82) is 0 Å². The maximum Gasteiger partial charge on any atom is 0.120 e. The molecule has 0 saturated heterocycles. The quantitative estimate of drug-likeness (QED) is 0.0877. The van der Waals surface area contributed by atoms with Gasteiger partial charge < -0.3 is 26.7 Å². The number of anilines is 1. The summed E-state index contributed by atoms with van der Waals surface area (Å²) in [6.45, 7) is 32.1. The molecule has 6 N–H and O–H groups in total. The van der Waals surface area contributed by atoms with Gasteiger partial charge in [0.25, 0.3) is 0 Å². The molecule has 2 aliphatic rings. The summed E-state index contributed by atoms with van der Waals surface area (Å²) in [5.74, 6) is 3.42. The minimum Gasteiger partial charge on any atom is -0.459 e. The molecule has 1 aromatic rings. The fourth-order valence-electron chi connectivity index (χ4n) is 6.29. The minimum atomic E-state index is -0.280. The zero-order valence-electron chi connectivity index (χ0n) is 29.6. The maximum absolute atomic E-state index is 5.70. The number of hydrogen-bond acceptors (Lipinski definition) is 5. The van der Waals surface area contributed by atoms with E-state index in [0.29, 0.717) is 34.4 Å². The summed E-state index contributed by atoms with van der Waals surface area (Å²) in [6, 6.07) is 9.49. The van der Waals surface area contributed by atoms with Crippen LogP contribution in [0, 0.1) is 17.3 Å². The number of nitrogen functional groups attached to an aromatic ring is 1. The number of ether oxygens (including phenoxy) is 2. The van der Waals surface area contributed by atoms with Crippen molar-refractivity contribution in [2.45, 2.75) is 70.6 Å². The number of hydrogen-bond donors (Lipinski definition) is 3. The standard InChI is InChI=1S/C38H52N2O2.C6H7N/c1-28(14-18-32(5)41-34(7)20-16-30(3)39)38(29(2)15-19-33(6)42-35(8)21-17-31(4)40)26-24-37(25-27-38)23-22-36-12-10-9-11-13-36;7-6-4-2-1-3-5-6/h14-21,36-37H,1-13,22-27,39-40H2;1-5H,7H2/b18-14-,19-15-,20-16-,21-17-;. The molecule has 5 heteroatoms. The topological polar surface area (TPSA) is 96.5 Å². The van der Waals surface area contributed by atoms with Gasteiger partial charge in [0.1, 0.15) is 23.0 Å². The molecule has 0 heterocycles. The van der Waals surface area contributed by atoms with Crippen molar-refractivity contribution in [2.24, 2.45) is 28.7 Å². The Bertz CT molecular complexity index is 1380. The van der Waals surface area contributed by atoms with E-state index in [9.17, 15) is 0 Å². The van der Waals surface area contributed by atoms with Crippen LogP contribution in [0.15, 0.2) is 177 Å². The van der Waals surface area contributed by atoms with Crippen molar-refractivity contribution in [3.8, 4) is 0 Å². The second kappa shape index (κ2) is 21.1. The summed E-state index contributed by atoms with van der Waals surface area (Å²) in [5.41, 5.74) is 19.9. The Kier molecular flexibility index (Phi) is 17.4. The van der Waals surface area contributed by atoms with Crippen molar-refractivity contribution >= 4 is 5.69 Å². The molecular formula is C44H59N3O2. The Morgan fingerprint density at radius 3 is 1.33 bits per heavy atom. The molecule has 0 spiro atoms. The average molecular weight is 662 g/mol. The van der Waals surface area contributed by atoms with Crippen molar-refractivity contribution in [1.82, 2.24) is 0 Å². The van der Waals surface area contributed by atoms with Gasteiger partial charge in [-0.1, -0.05) is 128 Å². The smallest absolute Gasteiger partial charge is 0.120 e. The van der Waals surface area contributed by atoms with E-state index in [1.807, 2.05) is 54.6 Å². The predicted octanol–water partition coefficient (Wildman–Crippen LogP) is 11.2. The van der Waals surface area contributed by atoms with E-state index in [4.69, 9.17) is 26.7 Å². The van der Waals surface area contributed by atoms with Crippen LogP contribution in [-0.4, -0.2) is 0 Å². The zero-order chi connectivity index (χ0) is 36.2. The Balaban J connectivity index is 0.00000105. The van der Waals surface area contributed by atoms with Crippen LogP contribution in [0.2, 0.25) is 0 Å². The van der Waals surface area contributed by atoms with E-state index < -0.39 is 0 Å². The molecule has 49 heavy (non-hydrogen) atoms. The van der Waals surface area contributed by atoms with Gasteiger partial charge in [0.15, 0.2) is 0 Å². The number of nitrogens with two attached hydrogens (primary N) is 3. The van der Waals surface area contributed by atoms with Gasteiger partial charge in [0, 0.05) is 22.5 Å². The van der Waals surface area contributed by atoms with Crippen LogP contribution >= 0.6 is 0 Å². The zero-order valence-corrected chi connectivity index (χ0v) is 29.6. The third kappa shape index (κ3) is 15.7. The highest BCUT2D eigenvalue weighted by Crippen LogP contribution is 2.50. The SMILES string of the molecule is C=C(N)/C=C\C(=C)OC(=C)/C=C\C(=C)C1(C(=C)/C=C\C(=C)OC(=C)/C=C\C(=C)N)CCC(CCC2CCCCC2)CC1.Nc1ccccc1. The molecule has 262 valence electrons. The maximum atomic E-state index is 5.70. The number of allylic oxidation sites excluding steroid dienone is 10. The van der Waals surface area contributed by atoms with Crippen molar-refractivity contribution < 1.29 is 9.47 Å². The van der Waals surface area contributed by atoms with Crippen LogP contribution in [-0.2, 0) is 9.47 Å². The summed E-state index contributed by atoms with van der Waals surface area (Å²) in [5, 5.41) is 0. The molecule has 0 amide bonds. The van der Waals surface area contributed by atoms with Gasteiger partial charge in [-0.15, -0.1) is 0 Å². The number of benzene rings is 1. The Morgan fingerprint density at radius 2 is 0.959 bits per heavy atom. The third-order valence-corrected chi connectivity index (χ3v) is 9.13. The number of rotatable bonds is 17. The summed E-state index contributed by atoms with van der Waals surface area (Å²) >= 11 is 0. The lowest BCUT2D eigenvalue weighted by atomic mass is 9.62. The summed E-state index contributed by atoms with van der Waals surface area (Å²) in [4.78, 5) is 0. The number of para-hydroxylation sites is 1. The third-order valence-electron chi connectivity index (χ3n) is 9.13. The van der Waals surface area contributed by atoms with Gasteiger partial charge in [-0.3, -0.25) is 0 Å². The molecular weight excluding hydrogens is 603 g/mol. The van der Waals surface area contributed by atoms with E-state index in [-0.39, 0.29) is 5.41 Å². The van der Waals surface area contributed by atoms with Crippen LogP contribution in [0.1, 0.15) is 70.6 Å². The highest BCUT2D eigenvalue weighted by molar-refractivity contribution is 5.42. The monoisotopic (exact) mass is 661 g/mol. The molecule has 1 aromatic carbocycles. The molecule has 0 unspecified atom stereocenters. The highest BCUT2D eigenvalue weighted by Gasteiger charge is 2.38. The molecule has 0 atom stereocenters. The molecule has 2 saturated carbocycles. The molecule has 0 radical (unpaired) electrons. The van der Waals surface area contributed by atoms with E-state index >= 15 is 0 Å². The molecule has 0 bridgehead atoms. The second-order valence-electron chi connectivity index (χ2n) is 13.1. The Labute approximate surface area is 296 Å². The summed E-state index contributed by atoms with van der Waals surface area (Å²) < 4.78 is 11.4. The molecule has 2 aliphatic carbocycles. The highest BCUT2D eigenvalue weighted by atomic mass is 16.5. The predicted molar refractivity (Wildman–Crippen MR) is 211 cm³/mol. The van der Waals surface area contributed by atoms with Gasteiger partial charge in [-0.25, -0.2) is 0 Å². The Morgan fingerprint density at radius 1 is 0.571 bits per heavy atom. The molecule has 0 aliphatic heterocycles. The lowest BCUT2D eigenvalue weighted by molar-refractivity contribution is 0.207. The van der Waals surface area contributed by atoms with E-state index in [1.54, 1.807) is 24.3 Å². The van der Waals surface area contributed by atoms with Crippen LogP contribution in [0.5, 0.6) is 0 Å². The fourth-order valence-corrected chi connectivity index (χ4v) is 6.29. The van der Waals surface area contributed by atoms with Gasteiger partial charge in [0.05, 0.1) is 0 Å². The van der Waals surface area contributed by atoms with Gasteiger partial charge in [-0.2, -0.15) is 0 Å². The summed E-state index contributed by atoms with van der Waals surface area (Å²) in [6.07, 6.45) is 28.2. The summed E-state index contributed by atoms with van der Waals surface area (Å²) in [7, 11) is 0. The normalized spacial score (nSPS) is 16.6. The first-order valence-electron chi connectivity index (χ1n) is 17.2. The molecule has 0 aromatic heterocycles. The van der Waals surface area contributed by atoms with Crippen molar-refractivity contribution in [3.05, 3.63) is 177 Å². The molecule has 3 rings (SSSR count). The van der Waals surface area contributed by atoms with Gasteiger partial charge in [0.2, 0.25) is 0 Å². The van der Waals surface area contributed by atoms with Crippen LogP contribution in [0.25, 0.3) is 0 Å². The lowest BCUT2D eigenvalue weighted by Gasteiger charge is -2.42. The Hall–Kier alpha value is -4.90. The van der Waals surface area contributed by atoms with Crippen molar-refractivity contribution in [2.75, 3.05) is 5.73 Å². The first kappa shape index (κ1) is 40.3. The van der Waals surface area contributed by atoms with Gasteiger partial charge >= 0.3 is 0 Å². The van der Waals surface area contributed by atoms with Crippen LogP contribution < -0.4 is 17.2 Å². The first-order valence-corrected chi connectivity index (χ1v) is 17.2. The largest absolute Gasteiger partial charge is 0.459 e. The molecule has 2 fully saturated rings. The van der Waals surface area contributed by atoms with Crippen LogP contribution in [0.4, 0.5) is 5.69 Å². The van der Waals surface area contributed by atoms with Gasteiger partial charge in [-0.05, 0) is 97.3 Å². The van der Waals surface area contributed by atoms with E-state index in [0.717, 1.165) is 54.4 Å². The van der Waals surface area contributed by atoms with Crippen molar-refractivity contribution in [3.63, 3.8) is 0 Å². The molecule has 5 nitrogen and oxygen atoms in total. The average Bonchev–Trinajstić information content (AvgIpc) is 3.08. The fraction of sp³-hybridized carbons (Fsp3) is 0.318. The van der Waals surface area contributed by atoms with E-state index in [1.165, 1.54) is 44.9 Å². The first-order chi connectivity index (χ1) is 23.3. The lowest BCUT2D eigenvalue weighted by Crippen LogP contribution is -2.30. The minimum absolute atomic E-state index is 0.280. The van der Waals surface area contributed by atoms with Crippen LogP contribution in [0.3, 0.4) is 0 Å². The van der Waals surface area contributed by atoms with E-state index in [2.05, 4.69) is 52.6 Å². The second-order valence-corrected chi connectivity index (χ2v) is 13.1.